The standard InChI is InChI=1S/C20H26N4O4S/c1-13(2)17(12-21)22-7-9-23(10-8-22)19(25)15-5-6-16-18(11-15)29(27,28)24(14(3)4)20(16)26/h5-6,11,13-14,17H,7-10H2,1-4H3. The van der Waals surface area contributed by atoms with Crippen molar-refractivity contribution in [3.8, 4) is 6.07 Å². The molecule has 1 aromatic carbocycles. The largest absolute Gasteiger partial charge is 0.336 e. The minimum Gasteiger partial charge on any atom is -0.336 e. The first kappa shape index (κ1) is 21.3. The van der Waals surface area contributed by atoms with Crippen molar-refractivity contribution in [3.05, 3.63) is 29.3 Å². The Hall–Kier alpha value is -2.44. The first-order chi connectivity index (χ1) is 13.6. The van der Waals surface area contributed by atoms with E-state index < -0.39 is 22.0 Å². The summed E-state index contributed by atoms with van der Waals surface area (Å²) in [5.74, 6) is -0.624. The first-order valence-corrected chi connectivity index (χ1v) is 11.2. The molecule has 1 aromatic rings. The van der Waals surface area contributed by atoms with Crippen LogP contribution in [0.4, 0.5) is 0 Å². The Labute approximate surface area is 171 Å². The molecule has 3 rings (SSSR count). The Bertz CT molecular complexity index is 973. The van der Waals surface area contributed by atoms with Gasteiger partial charge in [-0.25, -0.2) is 12.7 Å². The second-order valence-corrected chi connectivity index (χ2v) is 9.84. The number of hydrogen-bond acceptors (Lipinski definition) is 6. The van der Waals surface area contributed by atoms with Gasteiger partial charge in [0.15, 0.2) is 0 Å². The summed E-state index contributed by atoms with van der Waals surface area (Å²) in [6.45, 7) is 9.37. The smallest absolute Gasteiger partial charge is 0.269 e. The average Bonchev–Trinajstić information content (AvgIpc) is 2.87. The van der Waals surface area contributed by atoms with Gasteiger partial charge in [-0.1, -0.05) is 13.8 Å². The van der Waals surface area contributed by atoms with Gasteiger partial charge in [0.25, 0.3) is 21.8 Å². The molecule has 0 aliphatic carbocycles. The molecule has 1 atom stereocenters. The lowest BCUT2D eigenvalue weighted by Crippen LogP contribution is -2.52. The molecule has 0 saturated carbocycles. The fourth-order valence-electron chi connectivity index (χ4n) is 3.93. The lowest BCUT2D eigenvalue weighted by Gasteiger charge is -2.38. The zero-order valence-corrected chi connectivity index (χ0v) is 17.9. The number of carbonyl (C=O) groups is 2. The molecule has 2 aliphatic rings. The lowest BCUT2D eigenvalue weighted by molar-refractivity contribution is 0.0576. The number of carbonyl (C=O) groups excluding carboxylic acids is 2. The summed E-state index contributed by atoms with van der Waals surface area (Å²) >= 11 is 0. The minimum absolute atomic E-state index is 0.105. The SMILES string of the molecule is CC(C)C(C#N)N1CCN(C(=O)c2ccc3c(c2)S(=O)(=O)N(C(C)C)C3=O)CC1. The molecule has 156 valence electrons. The van der Waals surface area contributed by atoms with Gasteiger partial charge in [-0.3, -0.25) is 14.5 Å². The van der Waals surface area contributed by atoms with Crippen LogP contribution in [0.5, 0.6) is 0 Å². The van der Waals surface area contributed by atoms with E-state index in [1.165, 1.54) is 18.2 Å². The number of amides is 2. The quantitative estimate of drug-likeness (QED) is 0.735. The van der Waals surface area contributed by atoms with Crippen molar-refractivity contribution < 1.29 is 18.0 Å². The molecule has 1 unspecified atom stereocenters. The van der Waals surface area contributed by atoms with Gasteiger partial charge in [-0.2, -0.15) is 5.26 Å². The maximum atomic E-state index is 12.9. The first-order valence-electron chi connectivity index (χ1n) is 9.75. The molecular weight excluding hydrogens is 392 g/mol. The highest BCUT2D eigenvalue weighted by atomic mass is 32.2. The summed E-state index contributed by atoms with van der Waals surface area (Å²) in [5, 5.41) is 9.36. The Morgan fingerprint density at radius 3 is 2.24 bits per heavy atom. The summed E-state index contributed by atoms with van der Waals surface area (Å²) in [7, 11) is -3.95. The Morgan fingerprint density at radius 1 is 1.10 bits per heavy atom. The van der Waals surface area contributed by atoms with Crippen LogP contribution < -0.4 is 0 Å². The normalized spacial score (nSPS) is 20.1. The summed E-state index contributed by atoms with van der Waals surface area (Å²) in [4.78, 5) is 29.0. The fraction of sp³-hybridized carbons (Fsp3) is 0.550. The van der Waals surface area contributed by atoms with Crippen LogP contribution in [0.3, 0.4) is 0 Å². The van der Waals surface area contributed by atoms with Crippen molar-refractivity contribution in [1.82, 2.24) is 14.1 Å². The average molecular weight is 419 g/mol. The van der Waals surface area contributed by atoms with Gasteiger partial charge in [-0.15, -0.1) is 0 Å². The number of nitrogens with zero attached hydrogens (tertiary/aromatic N) is 4. The van der Waals surface area contributed by atoms with Crippen LogP contribution in [0, 0.1) is 17.2 Å². The molecule has 2 amide bonds. The number of nitriles is 1. The number of sulfonamides is 1. The Balaban J connectivity index is 1.79. The second-order valence-electron chi connectivity index (χ2n) is 8.06. The number of benzene rings is 1. The predicted molar refractivity (Wildman–Crippen MR) is 107 cm³/mol. The predicted octanol–water partition coefficient (Wildman–Crippen LogP) is 1.55. The maximum Gasteiger partial charge on any atom is 0.269 e. The van der Waals surface area contributed by atoms with Gasteiger partial charge in [0.2, 0.25) is 0 Å². The molecule has 1 saturated heterocycles. The molecule has 0 spiro atoms. The van der Waals surface area contributed by atoms with Gasteiger partial charge < -0.3 is 4.90 Å². The molecule has 2 heterocycles. The van der Waals surface area contributed by atoms with Crippen LogP contribution >= 0.6 is 0 Å². The molecule has 8 nitrogen and oxygen atoms in total. The topological polar surface area (TPSA) is 102 Å². The van der Waals surface area contributed by atoms with Gasteiger partial charge >= 0.3 is 0 Å². The number of piperazine rings is 1. The molecule has 0 aromatic heterocycles. The van der Waals surface area contributed by atoms with E-state index in [-0.39, 0.29) is 33.9 Å². The number of fused-ring (bicyclic) bond motifs is 1. The molecule has 2 aliphatic heterocycles. The summed E-state index contributed by atoms with van der Waals surface area (Å²) in [6, 6.07) is 5.88. The van der Waals surface area contributed by atoms with Crippen LogP contribution in [0.15, 0.2) is 23.1 Å². The molecule has 0 radical (unpaired) electrons. The van der Waals surface area contributed by atoms with E-state index in [1.807, 2.05) is 13.8 Å². The van der Waals surface area contributed by atoms with Crippen molar-refractivity contribution in [3.63, 3.8) is 0 Å². The highest BCUT2D eigenvalue weighted by Crippen LogP contribution is 2.33. The summed E-state index contributed by atoms with van der Waals surface area (Å²) < 4.78 is 26.3. The van der Waals surface area contributed by atoms with Gasteiger partial charge in [0, 0.05) is 37.8 Å². The maximum absolute atomic E-state index is 12.9. The van der Waals surface area contributed by atoms with Crippen LogP contribution in [0.2, 0.25) is 0 Å². The Kier molecular flexibility index (Phi) is 5.70. The minimum atomic E-state index is -3.95. The van der Waals surface area contributed by atoms with Gasteiger partial charge in [0.1, 0.15) is 10.9 Å². The van der Waals surface area contributed by atoms with E-state index in [1.54, 1.807) is 18.7 Å². The van der Waals surface area contributed by atoms with E-state index in [2.05, 4.69) is 11.0 Å². The summed E-state index contributed by atoms with van der Waals surface area (Å²) in [6.07, 6.45) is 0. The third kappa shape index (κ3) is 3.63. The molecule has 29 heavy (non-hydrogen) atoms. The van der Waals surface area contributed by atoms with Gasteiger partial charge in [0.05, 0.1) is 11.6 Å². The summed E-state index contributed by atoms with van der Waals surface area (Å²) in [5.41, 5.74) is 0.355. The second kappa shape index (κ2) is 7.76. The zero-order valence-electron chi connectivity index (χ0n) is 17.1. The molecule has 0 bridgehead atoms. The third-order valence-electron chi connectivity index (χ3n) is 5.42. The van der Waals surface area contributed by atoms with E-state index in [4.69, 9.17) is 0 Å². The van der Waals surface area contributed by atoms with Crippen LogP contribution in [-0.4, -0.2) is 72.6 Å². The number of hydrogen-bond donors (Lipinski definition) is 0. The van der Waals surface area contributed by atoms with Crippen molar-refractivity contribution in [2.24, 2.45) is 5.92 Å². The van der Waals surface area contributed by atoms with Crippen molar-refractivity contribution in [2.45, 2.75) is 44.7 Å². The van der Waals surface area contributed by atoms with E-state index in [0.717, 1.165) is 4.31 Å². The van der Waals surface area contributed by atoms with E-state index in [9.17, 15) is 23.3 Å². The van der Waals surface area contributed by atoms with Crippen molar-refractivity contribution in [2.75, 3.05) is 26.2 Å². The van der Waals surface area contributed by atoms with Crippen LogP contribution in [-0.2, 0) is 10.0 Å². The highest BCUT2D eigenvalue weighted by molar-refractivity contribution is 7.90. The van der Waals surface area contributed by atoms with Crippen LogP contribution in [0.1, 0.15) is 48.4 Å². The van der Waals surface area contributed by atoms with Gasteiger partial charge in [-0.05, 0) is 38.0 Å². The Morgan fingerprint density at radius 2 is 1.72 bits per heavy atom. The van der Waals surface area contributed by atoms with Crippen molar-refractivity contribution in [1.29, 1.82) is 5.26 Å². The van der Waals surface area contributed by atoms with Crippen molar-refractivity contribution >= 4 is 21.8 Å². The zero-order chi connectivity index (χ0) is 21.5. The molecule has 0 N–H and O–H groups in total. The highest BCUT2D eigenvalue weighted by Gasteiger charge is 2.43. The molecule has 9 heteroatoms. The van der Waals surface area contributed by atoms with E-state index >= 15 is 0 Å². The fourth-order valence-corrected chi connectivity index (χ4v) is 5.72. The molecule has 1 fully saturated rings. The van der Waals surface area contributed by atoms with E-state index in [0.29, 0.717) is 26.2 Å². The monoisotopic (exact) mass is 418 g/mol. The van der Waals surface area contributed by atoms with Crippen LogP contribution in [0.25, 0.3) is 0 Å². The molecular formula is C20H26N4O4S. The lowest BCUT2D eigenvalue weighted by atomic mass is 10.0. The third-order valence-corrected chi connectivity index (χ3v) is 7.42. The number of rotatable bonds is 4.